The monoisotopic (exact) mass is 569 g/mol. The smallest absolute Gasteiger partial charge is 0.410 e. The molecule has 0 aliphatic carbocycles. The van der Waals surface area contributed by atoms with Crippen LogP contribution >= 0.6 is 24.0 Å². The highest BCUT2D eigenvalue weighted by Gasteiger charge is 2.26. The fourth-order valence-corrected chi connectivity index (χ4v) is 3.59. The molecule has 1 aromatic carbocycles. The molecular formula is C24H36IN5O3. The van der Waals surface area contributed by atoms with Gasteiger partial charge in [-0.25, -0.2) is 9.79 Å². The van der Waals surface area contributed by atoms with E-state index in [1.165, 1.54) is 5.56 Å². The second-order valence-electron chi connectivity index (χ2n) is 9.15. The maximum absolute atomic E-state index is 12.2. The predicted molar refractivity (Wildman–Crippen MR) is 140 cm³/mol. The molecule has 0 unspecified atom stereocenters. The molecule has 1 aliphatic rings. The Morgan fingerprint density at radius 3 is 2.30 bits per heavy atom. The van der Waals surface area contributed by atoms with Crippen LogP contribution in [0.4, 0.5) is 4.79 Å². The molecule has 1 amide bonds. The Hall–Kier alpha value is -2.27. The third-order valence-electron chi connectivity index (χ3n) is 5.23. The Morgan fingerprint density at radius 1 is 1.06 bits per heavy atom. The minimum absolute atomic E-state index is 0. The zero-order valence-corrected chi connectivity index (χ0v) is 22.3. The first kappa shape index (κ1) is 27.0. The number of amides is 1. The van der Waals surface area contributed by atoms with Gasteiger partial charge in [-0.2, -0.15) is 0 Å². The van der Waals surface area contributed by atoms with Crippen LogP contribution in [0.15, 0.2) is 52.1 Å². The topological polar surface area (TPSA) is 87.5 Å². The molecule has 2 heterocycles. The number of ether oxygens (including phenoxy) is 1. The van der Waals surface area contributed by atoms with Crippen molar-refractivity contribution >= 4 is 36.0 Å². The summed E-state index contributed by atoms with van der Waals surface area (Å²) in [6.07, 6.45) is 1.42. The SMILES string of the molecule is CN(Cc1ccco1)Cc1ccccc1CN=C(N)N1CCN(C(=O)OC(C)(C)C)CC1.I. The maximum atomic E-state index is 12.2. The molecule has 1 aliphatic heterocycles. The van der Waals surface area contributed by atoms with Gasteiger partial charge in [0.25, 0.3) is 0 Å². The molecule has 8 nitrogen and oxygen atoms in total. The number of halogens is 1. The van der Waals surface area contributed by atoms with Crippen LogP contribution in [0, 0.1) is 0 Å². The van der Waals surface area contributed by atoms with Gasteiger partial charge in [0.1, 0.15) is 11.4 Å². The van der Waals surface area contributed by atoms with E-state index in [2.05, 4.69) is 29.1 Å². The number of carbonyl (C=O) groups is 1. The first-order chi connectivity index (χ1) is 15.2. The molecule has 0 spiro atoms. The van der Waals surface area contributed by atoms with Gasteiger partial charge in [0.15, 0.2) is 5.96 Å². The first-order valence-corrected chi connectivity index (χ1v) is 11.0. The fourth-order valence-electron chi connectivity index (χ4n) is 3.59. The zero-order chi connectivity index (χ0) is 23.1. The molecule has 2 aromatic rings. The normalized spacial score (nSPS) is 14.9. The molecule has 0 radical (unpaired) electrons. The number of aliphatic imine (C=N–C) groups is 1. The van der Waals surface area contributed by atoms with Crippen LogP contribution in [-0.2, 0) is 24.4 Å². The molecule has 3 rings (SSSR count). The Labute approximate surface area is 213 Å². The number of piperazine rings is 1. The lowest BCUT2D eigenvalue weighted by Crippen LogP contribution is -2.53. The van der Waals surface area contributed by atoms with Crippen molar-refractivity contribution in [2.24, 2.45) is 10.7 Å². The fraction of sp³-hybridized carbons (Fsp3) is 0.500. The molecule has 9 heteroatoms. The highest BCUT2D eigenvalue weighted by molar-refractivity contribution is 14.0. The lowest BCUT2D eigenvalue weighted by molar-refractivity contribution is 0.0186. The largest absolute Gasteiger partial charge is 0.468 e. The second kappa shape index (κ2) is 12.3. The number of nitrogens with two attached hydrogens (primary N) is 1. The molecule has 0 saturated carbocycles. The summed E-state index contributed by atoms with van der Waals surface area (Å²) in [5, 5.41) is 0. The quantitative estimate of drug-likeness (QED) is 0.323. The average molecular weight is 569 g/mol. The second-order valence-corrected chi connectivity index (χ2v) is 9.15. The number of hydrogen-bond donors (Lipinski definition) is 1. The highest BCUT2D eigenvalue weighted by Crippen LogP contribution is 2.15. The number of nitrogens with zero attached hydrogens (tertiary/aromatic N) is 4. The molecule has 33 heavy (non-hydrogen) atoms. The Morgan fingerprint density at radius 2 is 1.70 bits per heavy atom. The molecule has 1 aromatic heterocycles. The van der Waals surface area contributed by atoms with E-state index >= 15 is 0 Å². The maximum Gasteiger partial charge on any atom is 0.410 e. The number of furan rings is 1. The molecular weight excluding hydrogens is 533 g/mol. The van der Waals surface area contributed by atoms with Gasteiger partial charge in [0, 0.05) is 32.7 Å². The van der Waals surface area contributed by atoms with Crippen LogP contribution in [0.5, 0.6) is 0 Å². The van der Waals surface area contributed by atoms with E-state index in [0.717, 1.165) is 24.4 Å². The van der Waals surface area contributed by atoms with E-state index in [9.17, 15) is 4.79 Å². The van der Waals surface area contributed by atoms with Crippen molar-refractivity contribution in [2.45, 2.75) is 46.0 Å². The number of hydrogen-bond acceptors (Lipinski definition) is 5. The molecule has 182 valence electrons. The van der Waals surface area contributed by atoms with Crippen molar-refractivity contribution in [3.8, 4) is 0 Å². The highest BCUT2D eigenvalue weighted by atomic mass is 127. The van der Waals surface area contributed by atoms with Gasteiger partial charge in [0.05, 0.1) is 19.4 Å². The predicted octanol–water partition coefficient (Wildman–Crippen LogP) is 3.90. The number of carbonyl (C=O) groups excluding carboxylic acids is 1. The summed E-state index contributed by atoms with van der Waals surface area (Å²) >= 11 is 0. The summed E-state index contributed by atoms with van der Waals surface area (Å²) in [7, 11) is 2.07. The van der Waals surface area contributed by atoms with Crippen LogP contribution < -0.4 is 5.73 Å². The third-order valence-corrected chi connectivity index (χ3v) is 5.23. The van der Waals surface area contributed by atoms with Crippen LogP contribution in [0.25, 0.3) is 0 Å². The van der Waals surface area contributed by atoms with Crippen LogP contribution in [0.2, 0.25) is 0 Å². The van der Waals surface area contributed by atoms with E-state index in [0.29, 0.717) is 38.7 Å². The van der Waals surface area contributed by atoms with Crippen LogP contribution in [-0.4, -0.2) is 65.6 Å². The van der Waals surface area contributed by atoms with Crippen molar-refractivity contribution in [3.05, 3.63) is 59.5 Å². The van der Waals surface area contributed by atoms with Gasteiger partial charge in [0.2, 0.25) is 0 Å². The van der Waals surface area contributed by atoms with Crippen LogP contribution in [0.1, 0.15) is 37.7 Å². The van der Waals surface area contributed by atoms with Crippen molar-refractivity contribution in [2.75, 3.05) is 33.2 Å². The minimum Gasteiger partial charge on any atom is -0.468 e. The van der Waals surface area contributed by atoms with Gasteiger partial charge in [-0.05, 0) is 51.1 Å². The third kappa shape index (κ3) is 8.54. The van der Waals surface area contributed by atoms with E-state index in [4.69, 9.17) is 14.9 Å². The standard InChI is InChI=1S/C24H35N5O3.HI/c1-24(2,3)32-23(30)29-13-11-28(12-14-29)22(25)26-16-19-8-5-6-9-20(19)17-27(4)18-21-10-7-15-31-21;/h5-10,15H,11-14,16-18H2,1-4H3,(H2,25,26);1H. The molecule has 1 saturated heterocycles. The van der Waals surface area contributed by atoms with Gasteiger partial charge in [-0.3, -0.25) is 4.90 Å². The lowest BCUT2D eigenvalue weighted by Gasteiger charge is -2.36. The Bertz CT molecular complexity index is 903. The van der Waals surface area contributed by atoms with Gasteiger partial charge >= 0.3 is 6.09 Å². The van der Waals surface area contributed by atoms with E-state index in [-0.39, 0.29) is 30.1 Å². The Balaban J connectivity index is 0.00000385. The summed E-state index contributed by atoms with van der Waals surface area (Å²) in [5.74, 6) is 1.45. The molecule has 0 bridgehead atoms. The lowest BCUT2D eigenvalue weighted by atomic mass is 10.1. The van der Waals surface area contributed by atoms with Crippen LogP contribution in [0.3, 0.4) is 0 Å². The van der Waals surface area contributed by atoms with Gasteiger partial charge in [-0.1, -0.05) is 24.3 Å². The van der Waals surface area contributed by atoms with Crippen molar-refractivity contribution in [1.29, 1.82) is 0 Å². The van der Waals surface area contributed by atoms with Crippen molar-refractivity contribution < 1.29 is 13.9 Å². The molecule has 1 fully saturated rings. The van der Waals surface area contributed by atoms with E-state index < -0.39 is 5.60 Å². The van der Waals surface area contributed by atoms with E-state index in [1.54, 1.807) is 11.2 Å². The summed E-state index contributed by atoms with van der Waals surface area (Å²) < 4.78 is 10.9. The van der Waals surface area contributed by atoms with Crippen molar-refractivity contribution in [3.63, 3.8) is 0 Å². The zero-order valence-electron chi connectivity index (χ0n) is 20.0. The summed E-state index contributed by atoms with van der Waals surface area (Å²) in [5.41, 5.74) is 8.15. The summed E-state index contributed by atoms with van der Waals surface area (Å²) in [6, 6.07) is 12.2. The molecule has 0 atom stereocenters. The van der Waals surface area contributed by atoms with Gasteiger partial charge in [-0.15, -0.1) is 24.0 Å². The molecule has 2 N–H and O–H groups in total. The first-order valence-electron chi connectivity index (χ1n) is 11.0. The average Bonchev–Trinajstić information content (AvgIpc) is 3.24. The van der Waals surface area contributed by atoms with Gasteiger partial charge < -0.3 is 24.7 Å². The minimum atomic E-state index is -0.492. The van der Waals surface area contributed by atoms with E-state index in [1.807, 2.05) is 49.9 Å². The number of guanidine groups is 1. The number of rotatable bonds is 6. The number of benzene rings is 1. The van der Waals surface area contributed by atoms with Crippen molar-refractivity contribution in [1.82, 2.24) is 14.7 Å². The summed E-state index contributed by atoms with van der Waals surface area (Å²) in [4.78, 5) is 22.8. The summed E-state index contributed by atoms with van der Waals surface area (Å²) in [6.45, 7) is 10.1. The Kier molecular flexibility index (Phi) is 10.0.